The van der Waals surface area contributed by atoms with Crippen LogP contribution < -0.4 is 0 Å². The summed E-state index contributed by atoms with van der Waals surface area (Å²) in [4.78, 5) is 0. The van der Waals surface area contributed by atoms with Crippen LogP contribution in [0, 0.1) is 0 Å². The van der Waals surface area contributed by atoms with Crippen molar-refractivity contribution in [1.82, 2.24) is 0 Å². The van der Waals surface area contributed by atoms with Gasteiger partial charge in [0.2, 0.25) is 0 Å². The van der Waals surface area contributed by atoms with E-state index in [1.165, 1.54) is 10.2 Å². The first-order valence-electron chi connectivity index (χ1n) is 1.00. The molecule has 0 aliphatic rings. The summed E-state index contributed by atoms with van der Waals surface area (Å²) in [5.41, 5.74) is 0. The fourth-order valence-electron chi connectivity index (χ4n) is 0. The zero-order chi connectivity index (χ0) is 2.00. The van der Waals surface area contributed by atoms with E-state index in [0.29, 0.717) is 0 Å². The summed E-state index contributed by atoms with van der Waals surface area (Å²) in [5, 5.41) is 0. The van der Waals surface area contributed by atoms with E-state index in [9.17, 15) is 0 Å². The van der Waals surface area contributed by atoms with E-state index in [1.54, 1.807) is 0 Å². The van der Waals surface area contributed by atoms with Crippen LogP contribution in [0.3, 0.4) is 0 Å². The van der Waals surface area contributed by atoms with E-state index < -0.39 is 0 Å². The first-order valence-corrected chi connectivity index (χ1v) is 3.00. The van der Waals surface area contributed by atoms with Crippen molar-refractivity contribution in [2.75, 3.05) is 0 Å². The minimum atomic E-state index is 0. The van der Waals surface area contributed by atoms with E-state index in [0.717, 1.165) is 0 Å². The quantitative estimate of drug-likeness (QED) is 0.477. The molecule has 0 aromatic heterocycles. The number of hydrogen-bond acceptors (Lipinski definition) is 0. The van der Waals surface area contributed by atoms with Crippen molar-refractivity contribution in [3.8, 4) is 0 Å². The van der Waals surface area contributed by atoms with Crippen LogP contribution in [0.25, 0.3) is 0 Å². The third-order valence-electron chi connectivity index (χ3n) is 0. The van der Waals surface area contributed by atoms with Crippen LogP contribution in [0.4, 0.5) is 0 Å². The average molecular weight is 303 g/mol. The number of hydrogen-bond donors (Lipinski definition) is 0. The normalized spacial score (nSPS) is 2.25. The SMILES string of the molecule is C[SiH3].[PbH2].[Ti]. The van der Waals surface area contributed by atoms with Gasteiger partial charge in [-0.1, -0.05) is 6.55 Å². The zero-order valence-electron chi connectivity index (χ0n) is 3.21. The van der Waals surface area contributed by atoms with Gasteiger partial charge in [-0.15, -0.1) is 0 Å². The van der Waals surface area contributed by atoms with Crippen molar-refractivity contribution in [2.24, 2.45) is 0 Å². The third kappa shape index (κ3) is 9.13. The second kappa shape index (κ2) is 21.0. The summed E-state index contributed by atoms with van der Waals surface area (Å²) >= 11 is 0. The Morgan fingerprint density at radius 2 is 1.25 bits per heavy atom. The molecule has 24 valence electrons. The molecule has 0 aromatic carbocycles. The van der Waals surface area contributed by atoms with E-state index in [4.69, 9.17) is 0 Å². The molecule has 0 N–H and O–H groups in total. The maximum atomic E-state index is 2.14. The third-order valence-corrected chi connectivity index (χ3v) is 0. The fraction of sp³-hybridized carbons (Fsp3) is 1.00. The summed E-state index contributed by atoms with van der Waals surface area (Å²) in [5.74, 6) is 0. The monoisotopic (exact) mass is 304 g/mol. The molecule has 0 aliphatic carbocycles. The summed E-state index contributed by atoms with van der Waals surface area (Å²) in [6.07, 6.45) is 0. The molecule has 0 rings (SSSR count). The van der Waals surface area contributed by atoms with E-state index >= 15 is 0 Å². The first kappa shape index (κ1) is 16.9. The van der Waals surface area contributed by atoms with Gasteiger partial charge in [-0.2, -0.15) is 0 Å². The van der Waals surface area contributed by atoms with E-state index in [-0.39, 0.29) is 49.0 Å². The number of rotatable bonds is 0. The Morgan fingerprint density at radius 1 is 1.25 bits per heavy atom. The van der Waals surface area contributed by atoms with Crippen LogP contribution >= 0.6 is 0 Å². The molecular formula is CH8PbSiTi. The molecule has 2 radical (unpaired) electrons. The van der Waals surface area contributed by atoms with Crippen LogP contribution in [0.5, 0.6) is 0 Å². The van der Waals surface area contributed by atoms with Gasteiger partial charge in [0.05, 0.1) is 0 Å². The molecule has 0 spiro atoms. The van der Waals surface area contributed by atoms with Crippen molar-refractivity contribution < 1.29 is 21.7 Å². The van der Waals surface area contributed by atoms with Crippen molar-refractivity contribution in [3.63, 3.8) is 0 Å². The molecule has 0 nitrogen and oxygen atoms in total. The van der Waals surface area contributed by atoms with Crippen LogP contribution in [-0.4, -0.2) is 37.5 Å². The van der Waals surface area contributed by atoms with Crippen molar-refractivity contribution in [2.45, 2.75) is 6.55 Å². The minimum absolute atomic E-state index is 0. The van der Waals surface area contributed by atoms with Crippen molar-refractivity contribution >= 4 is 37.5 Å². The molecule has 0 fully saturated rings. The van der Waals surface area contributed by atoms with Crippen LogP contribution in [-0.2, 0) is 21.7 Å². The molecule has 0 atom stereocenters. The molecule has 0 unspecified atom stereocenters. The summed E-state index contributed by atoms with van der Waals surface area (Å²) < 4.78 is 0. The summed E-state index contributed by atoms with van der Waals surface area (Å²) in [6.45, 7) is 2.14. The van der Waals surface area contributed by atoms with Gasteiger partial charge in [0.1, 0.15) is 0 Å². The second-order valence-electron chi connectivity index (χ2n) is 0. The molecule has 0 bridgehead atoms. The van der Waals surface area contributed by atoms with Gasteiger partial charge in [0.25, 0.3) is 0 Å². The summed E-state index contributed by atoms with van der Waals surface area (Å²) in [6, 6.07) is 0. The maximum absolute atomic E-state index is 2.14. The second-order valence-corrected chi connectivity index (χ2v) is 0. The molecule has 0 aliphatic heterocycles. The van der Waals surface area contributed by atoms with Gasteiger partial charge in [0, 0.05) is 21.7 Å². The molecule has 0 aromatic rings. The first-order chi connectivity index (χ1) is 1.00. The smallest absolute Gasteiger partial charge is 0 e. The van der Waals surface area contributed by atoms with Crippen molar-refractivity contribution in [3.05, 3.63) is 0 Å². The Balaban J connectivity index is -0.00000000500. The van der Waals surface area contributed by atoms with Crippen LogP contribution in [0.1, 0.15) is 0 Å². The zero-order valence-corrected chi connectivity index (χ0v) is 12.3. The predicted molar refractivity (Wildman–Crippen MR) is 24.3 cm³/mol. The van der Waals surface area contributed by atoms with Crippen molar-refractivity contribution in [1.29, 1.82) is 0 Å². The Bertz CT molecular complexity index is 8.00. The molecule has 0 heterocycles. The molecule has 4 heavy (non-hydrogen) atoms. The average Bonchev–Trinajstić information content (AvgIpc) is 1.00. The van der Waals surface area contributed by atoms with Gasteiger partial charge in [-0.25, -0.2) is 0 Å². The molecular weight excluding hydrogens is 295 g/mol. The van der Waals surface area contributed by atoms with E-state index in [1.807, 2.05) is 0 Å². The minimum Gasteiger partial charge on any atom is 0 e. The fourth-order valence-corrected chi connectivity index (χ4v) is 0. The van der Waals surface area contributed by atoms with Gasteiger partial charge in [-0.05, 0) is 10.2 Å². The predicted octanol–water partition coefficient (Wildman–Crippen LogP) is -1.52. The molecule has 0 amide bonds. The molecule has 0 saturated heterocycles. The molecule has 0 saturated carbocycles. The van der Waals surface area contributed by atoms with E-state index in [2.05, 4.69) is 6.55 Å². The standard InChI is InChI=1S/CH6Si.Pb.Ti.2H/c1-2;;;;/h1-2H3;;;;. The maximum Gasteiger partial charge on any atom is 0 e. The summed E-state index contributed by atoms with van der Waals surface area (Å²) in [7, 11) is 1.31. The van der Waals surface area contributed by atoms with Gasteiger partial charge >= 0.3 is 27.3 Å². The van der Waals surface area contributed by atoms with Crippen LogP contribution in [0.15, 0.2) is 0 Å². The van der Waals surface area contributed by atoms with Gasteiger partial charge in [-0.3, -0.25) is 0 Å². The van der Waals surface area contributed by atoms with Gasteiger partial charge < -0.3 is 0 Å². The topological polar surface area (TPSA) is 0 Å². The Hall–Kier alpha value is 1.85. The Morgan fingerprint density at radius 3 is 1.25 bits per heavy atom. The Labute approximate surface area is 65.2 Å². The van der Waals surface area contributed by atoms with Gasteiger partial charge in [0.15, 0.2) is 0 Å². The Kier molecular flexibility index (Phi) is 88.8. The van der Waals surface area contributed by atoms with Crippen LogP contribution in [0.2, 0.25) is 6.55 Å². The molecule has 3 heteroatoms. The largest absolute Gasteiger partial charge is 0 e.